The standard InChI is InChI=1S/C14H20N4OS/c1-17(2)8-9-18-10-12(15-16-18)11-20-14-6-4-13(19-3)5-7-14/h4-7,10H,8-9,11H2,1-3H3. The molecular weight excluding hydrogens is 272 g/mol. The van der Waals surface area contributed by atoms with Crippen molar-refractivity contribution >= 4 is 11.8 Å². The van der Waals surface area contributed by atoms with Gasteiger partial charge in [-0.15, -0.1) is 16.9 Å². The molecule has 0 aliphatic carbocycles. The molecule has 1 heterocycles. The van der Waals surface area contributed by atoms with Gasteiger partial charge in [-0.2, -0.15) is 0 Å². The Balaban J connectivity index is 1.84. The Labute approximate surface area is 123 Å². The summed E-state index contributed by atoms with van der Waals surface area (Å²) in [4.78, 5) is 3.33. The van der Waals surface area contributed by atoms with E-state index in [-0.39, 0.29) is 0 Å². The van der Waals surface area contributed by atoms with Crippen LogP contribution in [0.25, 0.3) is 0 Å². The third-order valence-electron chi connectivity index (χ3n) is 2.81. The Morgan fingerprint density at radius 1 is 1.25 bits per heavy atom. The second-order valence-corrected chi connectivity index (χ2v) is 5.79. The largest absolute Gasteiger partial charge is 0.497 e. The van der Waals surface area contributed by atoms with E-state index in [1.54, 1.807) is 18.9 Å². The van der Waals surface area contributed by atoms with Gasteiger partial charge in [0.05, 0.1) is 19.3 Å². The number of nitrogens with zero attached hydrogens (tertiary/aromatic N) is 4. The first-order valence-electron chi connectivity index (χ1n) is 6.48. The van der Waals surface area contributed by atoms with E-state index < -0.39 is 0 Å². The van der Waals surface area contributed by atoms with Crippen molar-refractivity contribution in [3.8, 4) is 5.75 Å². The summed E-state index contributed by atoms with van der Waals surface area (Å²) in [5.41, 5.74) is 1.00. The molecule has 0 atom stereocenters. The second-order valence-electron chi connectivity index (χ2n) is 4.74. The number of methoxy groups -OCH3 is 1. The molecule has 2 aromatic rings. The highest BCUT2D eigenvalue weighted by molar-refractivity contribution is 7.98. The van der Waals surface area contributed by atoms with Crippen molar-refractivity contribution in [1.29, 1.82) is 0 Å². The van der Waals surface area contributed by atoms with Gasteiger partial charge in [0, 0.05) is 23.4 Å². The van der Waals surface area contributed by atoms with Gasteiger partial charge < -0.3 is 9.64 Å². The zero-order valence-corrected chi connectivity index (χ0v) is 12.9. The maximum atomic E-state index is 5.14. The van der Waals surface area contributed by atoms with Crippen LogP contribution < -0.4 is 4.74 Å². The monoisotopic (exact) mass is 292 g/mol. The van der Waals surface area contributed by atoms with Gasteiger partial charge in [-0.3, -0.25) is 4.68 Å². The van der Waals surface area contributed by atoms with Crippen molar-refractivity contribution in [3.05, 3.63) is 36.2 Å². The number of likely N-dealkylation sites (N-methyl/N-ethyl adjacent to an activating group) is 1. The molecule has 0 bridgehead atoms. The van der Waals surface area contributed by atoms with Crippen LogP contribution in [0.4, 0.5) is 0 Å². The number of hydrogen-bond donors (Lipinski definition) is 0. The lowest BCUT2D eigenvalue weighted by atomic mass is 10.3. The molecule has 0 spiro atoms. The lowest BCUT2D eigenvalue weighted by Gasteiger charge is -2.07. The summed E-state index contributed by atoms with van der Waals surface area (Å²) >= 11 is 1.75. The van der Waals surface area contributed by atoms with E-state index in [4.69, 9.17) is 4.74 Å². The van der Waals surface area contributed by atoms with E-state index >= 15 is 0 Å². The molecule has 0 N–H and O–H groups in total. The minimum atomic E-state index is 0.828. The predicted octanol–water partition coefficient (Wildman–Crippen LogP) is 2.14. The summed E-state index contributed by atoms with van der Waals surface area (Å²) in [5, 5.41) is 8.33. The summed E-state index contributed by atoms with van der Waals surface area (Å²) in [5.74, 6) is 1.71. The third-order valence-corrected chi connectivity index (χ3v) is 3.85. The van der Waals surface area contributed by atoms with Crippen LogP contribution in [-0.2, 0) is 12.3 Å². The summed E-state index contributed by atoms with van der Waals surface area (Å²) in [6.45, 7) is 1.83. The van der Waals surface area contributed by atoms with Gasteiger partial charge in [-0.1, -0.05) is 5.21 Å². The van der Waals surface area contributed by atoms with Crippen LogP contribution in [0.2, 0.25) is 0 Å². The fraction of sp³-hybridized carbons (Fsp3) is 0.429. The number of thioether (sulfide) groups is 1. The van der Waals surface area contributed by atoms with E-state index in [0.29, 0.717) is 0 Å². The number of hydrogen-bond acceptors (Lipinski definition) is 5. The Kier molecular flexibility index (Phi) is 5.43. The van der Waals surface area contributed by atoms with Gasteiger partial charge >= 0.3 is 0 Å². The number of ether oxygens (including phenoxy) is 1. The maximum Gasteiger partial charge on any atom is 0.118 e. The average molecular weight is 292 g/mol. The second kappa shape index (κ2) is 7.31. The molecule has 20 heavy (non-hydrogen) atoms. The van der Waals surface area contributed by atoms with Crippen molar-refractivity contribution in [1.82, 2.24) is 19.9 Å². The fourth-order valence-electron chi connectivity index (χ4n) is 1.65. The van der Waals surface area contributed by atoms with Crippen LogP contribution >= 0.6 is 11.8 Å². The molecule has 5 nitrogen and oxygen atoms in total. The normalized spacial score (nSPS) is 11.0. The molecule has 0 radical (unpaired) electrons. The lowest BCUT2D eigenvalue weighted by molar-refractivity contribution is 0.370. The molecule has 2 rings (SSSR count). The van der Waals surface area contributed by atoms with Gasteiger partial charge in [-0.25, -0.2) is 0 Å². The topological polar surface area (TPSA) is 43.2 Å². The minimum Gasteiger partial charge on any atom is -0.497 e. The first-order valence-corrected chi connectivity index (χ1v) is 7.46. The van der Waals surface area contributed by atoms with Crippen molar-refractivity contribution in [3.63, 3.8) is 0 Å². The first kappa shape index (κ1) is 14.9. The smallest absolute Gasteiger partial charge is 0.118 e. The van der Waals surface area contributed by atoms with Crippen molar-refractivity contribution in [2.75, 3.05) is 27.7 Å². The molecule has 108 valence electrons. The van der Waals surface area contributed by atoms with Crippen LogP contribution in [0.5, 0.6) is 5.75 Å². The van der Waals surface area contributed by atoms with E-state index in [1.165, 1.54) is 4.90 Å². The van der Waals surface area contributed by atoms with Crippen LogP contribution in [0.15, 0.2) is 35.4 Å². The highest BCUT2D eigenvalue weighted by atomic mass is 32.2. The Morgan fingerprint density at radius 2 is 2.00 bits per heavy atom. The molecule has 0 saturated carbocycles. The molecule has 1 aromatic heterocycles. The summed E-state index contributed by atoms with van der Waals surface area (Å²) in [6.07, 6.45) is 2.01. The van der Waals surface area contributed by atoms with Crippen molar-refractivity contribution in [2.45, 2.75) is 17.2 Å². The molecule has 6 heteroatoms. The molecule has 0 fully saturated rings. The van der Waals surface area contributed by atoms with E-state index in [9.17, 15) is 0 Å². The van der Waals surface area contributed by atoms with Crippen LogP contribution in [0.1, 0.15) is 5.69 Å². The maximum absolute atomic E-state index is 5.14. The molecule has 1 aromatic carbocycles. The number of benzene rings is 1. The molecule has 0 amide bonds. The molecule has 0 saturated heterocycles. The van der Waals surface area contributed by atoms with Gasteiger partial charge in [0.25, 0.3) is 0 Å². The van der Waals surface area contributed by atoms with E-state index in [0.717, 1.165) is 30.3 Å². The summed E-state index contributed by atoms with van der Waals surface area (Å²) < 4.78 is 7.04. The summed E-state index contributed by atoms with van der Waals surface area (Å²) in [7, 11) is 5.78. The predicted molar refractivity (Wildman–Crippen MR) is 81.1 cm³/mol. The summed E-state index contributed by atoms with van der Waals surface area (Å²) in [6, 6.07) is 8.05. The number of aromatic nitrogens is 3. The van der Waals surface area contributed by atoms with Crippen LogP contribution in [0.3, 0.4) is 0 Å². The number of rotatable bonds is 7. The van der Waals surface area contributed by atoms with Crippen molar-refractivity contribution in [2.24, 2.45) is 0 Å². The molecule has 0 unspecified atom stereocenters. The Bertz CT molecular complexity index is 524. The van der Waals surface area contributed by atoms with Gasteiger partial charge in [0.15, 0.2) is 0 Å². The Morgan fingerprint density at radius 3 is 2.65 bits per heavy atom. The van der Waals surface area contributed by atoms with Gasteiger partial charge in [0.2, 0.25) is 0 Å². The Hall–Kier alpha value is -1.53. The molecular formula is C14H20N4OS. The van der Waals surface area contributed by atoms with Crippen LogP contribution in [-0.4, -0.2) is 47.6 Å². The first-order chi connectivity index (χ1) is 9.67. The minimum absolute atomic E-state index is 0.828. The molecule has 0 aliphatic heterocycles. The molecule has 0 aliphatic rings. The van der Waals surface area contributed by atoms with Gasteiger partial charge in [0.1, 0.15) is 5.75 Å². The van der Waals surface area contributed by atoms with E-state index in [2.05, 4.69) is 41.4 Å². The van der Waals surface area contributed by atoms with Crippen molar-refractivity contribution < 1.29 is 4.74 Å². The van der Waals surface area contributed by atoms with Crippen LogP contribution in [0, 0.1) is 0 Å². The SMILES string of the molecule is COc1ccc(SCc2cn(CCN(C)C)nn2)cc1. The third kappa shape index (κ3) is 4.54. The highest BCUT2D eigenvalue weighted by Crippen LogP contribution is 2.23. The van der Waals surface area contributed by atoms with E-state index in [1.807, 2.05) is 23.0 Å². The average Bonchev–Trinajstić information content (AvgIpc) is 2.91. The highest BCUT2D eigenvalue weighted by Gasteiger charge is 2.03. The van der Waals surface area contributed by atoms with Gasteiger partial charge in [-0.05, 0) is 38.4 Å². The quantitative estimate of drug-likeness (QED) is 0.732. The lowest BCUT2D eigenvalue weighted by Crippen LogP contribution is -2.18. The fourth-order valence-corrected chi connectivity index (χ4v) is 2.42. The zero-order valence-electron chi connectivity index (χ0n) is 12.1. The zero-order chi connectivity index (χ0) is 14.4.